The van der Waals surface area contributed by atoms with Crippen LogP contribution in [0.2, 0.25) is 6.04 Å². The third-order valence-electron chi connectivity index (χ3n) is 3.59. The molecule has 1 aliphatic rings. The van der Waals surface area contributed by atoms with Gasteiger partial charge in [-0.15, -0.1) is 0 Å². The first-order valence-corrected chi connectivity index (χ1v) is 10.1. The van der Waals surface area contributed by atoms with Gasteiger partial charge in [0.15, 0.2) is 0 Å². The maximum Gasteiger partial charge on any atom is 0.501 e. The molecule has 0 radical (unpaired) electrons. The van der Waals surface area contributed by atoms with Crippen molar-refractivity contribution in [2.75, 3.05) is 19.8 Å². The summed E-state index contributed by atoms with van der Waals surface area (Å²) in [6.07, 6.45) is 8.48. The Kier molecular flexibility index (Phi) is 8.95. The Morgan fingerprint density at radius 2 is 1.21 bits per heavy atom. The molecule has 0 spiro atoms. The fourth-order valence-corrected chi connectivity index (χ4v) is 5.91. The van der Waals surface area contributed by atoms with Crippen LogP contribution in [0.1, 0.15) is 65.7 Å². The zero-order chi connectivity index (χ0) is 14.0. The predicted molar refractivity (Wildman–Crippen MR) is 81.2 cm³/mol. The van der Waals surface area contributed by atoms with Gasteiger partial charge in [-0.3, -0.25) is 0 Å². The molecule has 19 heavy (non-hydrogen) atoms. The van der Waals surface area contributed by atoms with Crippen LogP contribution in [0.25, 0.3) is 0 Å². The van der Waals surface area contributed by atoms with Crippen molar-refractivity contribution in [1.29, 1.82) is 0 Å². The summed E-state index contributed by atoms with van der Waals surface area (Å²) in [6, 6.07) is 1.03. The monoisotopic (exact) mass is 288 g/mol. The van der Waals surface area contributed by atoms with Crippen molar-refractivity contribution in [2.24, 2.45) is 5.92 Å². The lowest BCUT2D eigenvalue weighted by Gasteiger charge is -2.31. The van der Waals surface area contributed by atoms with Crippen molar-refractivity contribution >= 4 is 8.80 Å². The molecule has 0 aromatic heterocycles. The van der Waals surface area contributed by atoms with Gasteiger partial charge < -0.3 is 13.3 Å². The summed E-state index contributed by atoms with van der Waals surface area (Å²) in [6.45, 7) is 8.75. The molecule has 0 unspecified atom stereocenters. The lowest BCUT2D eigenvalue weighted by Crippen LogP contribution is -2.47. The highest BCUT2D eigenvalue weighted by Crippen LogP contribution is 2.33. The molecule has 1 saturated carbocycles. The van der Waals surface area contributed by atoms with Crippen molar-refractivity contribution in [2.45, 2.75) is 71.8 Å². The van der Waals surface area contributed by atoms with Crippen LogP contribution in [0.15, 0.2) is 0 Å². The second-order valence-electron chi connectivity index (χ2n) is 5.58. The van der Waals surface area contributed by atoms with Crippen LogP contribution in [0, 0.1) is 5.92 Å². The molecule has 1 rings (SSSR count). The normalized spacial score (nSPS) is 17.2. The third-order valence-corrected chi connectivity index (χ3v) is 6.60. The average molecular weight is 289 g/mol. The zero-order valence-electron chi connectivity index (χ0n) is 13.1. The summed E-state index contributed by atoms with van der Waals surface area (Å²) in [4.78, 5) is 0. The van der Waals surface area contributed by atoms with Crippen molar-refractivity contribution in [3.05, 3.63) is 0 Å². The molecular weight excluding hydrogens is 256 g/mol. The van der Waals surface area contributed by atoms with Gasteiger partial charge in [0, 0.05) is 25.9 Å². The Hall–Kier alpha value is 0.0969. The molecule has 114 valence electrons. The molecule has 0 heterocycles. The van der Waals surface area contributed by atoms with Crippen LogP contribution in [0.4, 0.5) is 0 Å². The van der Waals surface area contributed by atoms with Crippen LogP contribution < -0.4 is 0 Å². The Labute approximate surface area is 120 Å². The number of hydrogen-bond acceptors (Lipinski definition) is 3. The van der Waals surface area contributed by atoms with E-state index in [2.05, 4.69) is 20.8 Å². The summed E-state index contributed by atoms with van der Waals surface area (Å²) in [5.74, 6) is 0.761. The molecule has 0 aromatic carbocycles. The van der Waals surface area contributed by atoms with E-state index in [1.807, 2.05) is 0 Å². The Balaban J connectivity index is 2.61. The molecule has 0 amide bonds. The standard InChI is InChI=1S/C15H32O3Si/c1-4-11-16-19(17-12-5-2,18-13-6-3)14-15-9-7-8-10-15/h15H,4-14H2,1-3H3. The van der Waals surface area contributed by atoms with Gasteiger partial charge in [-0.2, -0.15) is 0 Å². The van der Waals surface area contributed by atoms with E-state index in [1.165, 1.54) is 25.7 Å². The highest BCUT2D eigenvalue weighted by Gasteiger charge is 2.43. The van der Waals surface area contributed by atoms with Gasteiger partial charge in [0.2, 0.25) is 0 Å². The van der Waals surface area contributed by atoms with Crippen LogP contribution in [-0.4, -0.2) is 28.6 Å². The van der Waals surface area contributed by atoms with Gasteiger partial charge in [0.1, 0.15) is 0 Å². The third kappa shape index (κ3) is 6.39. The quantitative estimate of drug-likeness (QED) is 0.528. The Morgan fingerprint density at radius 3 is 1.58 bits per heavy atom. The first kappa shape index (κ1) is 17.1. The van der Waals surface area contributed by atoms with E-state index in [1.54, 1.807) is 0 Å². The zero-order valence-corrected chi connectivity index (χ0v) is 14.1. The molecule has 4 heteroatoms. The fraction of sp³-hybridized carbons (Fsp3) is 1.00. The van der Waals surface area contributed by atoms with Gasteiger partial charge >= 0.3 is 8.80 Å². The molecule has 1 fully saturated rings. The summed E-state index contributed by atoms with van der Waals surface area (Å²) in [5, 5.41) is 0. The lowest BCUT2D eigenvalue weighted by atomic mass is 10.1. The van der Waals surface area contributed by atoms with Gasteiger partial charge in [0.25, 0.3) is 0 Å². The van der Waals surface area contributed by atoms with E-state index in [-0.39, 0.29) is 0 Å². The van der Waals surface area contributed by atoms with Crippen LogP contribution in [-0.2, 0) is 13.3 Å². The minimum atomic E-state index is -2.42. The van der Waals surface area contributed by atoms with Crippen molar-refractivity contribution < 1.29 is 13.3 Å². The Bertz CT molecular complexity index is 196. The second-order valence-corrected chi connectivity index (χ2v) is 8.22. The maximum absolute atomic E-state index is 6.14. The van der Waals surface area contributed by atoms with E-state index >= 15 is 0 Å². The molecule has 0 bridgehead atoms. The summed E-state index contributed by atoms with van der Waals surface area (Å²) in [5.41, 5.74) is 0. The number of hydrogen-bond donors (Lipinski definition) is 0. The van der Waals surface area contributed by atoms with Crippen molar-refractivity contribution in [3.8, 4) is 0 Å². The second kappa shape index (κ2) is 9.92. The van der Waals surface area contributed by atoms with Crippen LogP contribution in [0.3, 0.4) is 0 Å². The SMILES string of the molecule is CCCO[Si](CC1CCCC1)(OCCC)OCCC. The molecule has 0 aliphatic heterocycles. The summed E-state index contributed by atoms with van der Waals surface area (Å²) >= 11 is 0. The summed E-state index contributed by atoms with van der Waals surface area (Å²) in [7, 11) is -2.42. The van der Waals surface area contributed by atoms with E-state index < -0.39 is 8.80 Å². The molecule has 0 atom stereocenters. The average Bonchev–Trinajstić information content (AvgIpc) is 2.93. The molecule has 3 nitrogen and oxygen atoms in total. The van der Waals surface area contributed by atoms with E-state index in [0.29, 0.717) is 0 Å². The largest absolute Gasteiger partial charge is 0.501 e. The molecule has 0 N–H and O–H groups in total. The first-order valence-electron chi connectivity index (χ1n) is 8.18. The molecule has 0 aromatic rings. The molecule has 0 saturated heterocycles. The minimum absolute atomic E-state index is 0.761. The number of rotatable bonds is 11. The van der Waals surface area contributed by atoms with Gasteiger partial charge in [-0.1, -0.05) is 46.5 Å². The smallest absolute Gasteiger partial charge is 0.373 e. The van der Waals surface area contributed by atoms with E-state index in [9.17, 15) is 0 Å². The highest BCUT2D eigenvalue weighted by atomic mass is 28.4. The lowest BCUT2D eigenvalue weighted by molar-refractivity contribution is 0.0554. The maximum atomic E-state index is 6.14. The van der Waals surface area contributed by atoms with Gasteiger partial charge in [-0.05, 0) is 25.2 Å². The van der Waals surface area contributed by atoms with Crippen molar-refractivity contribution in [1.82, 2.24) is 0 Å². The highest BCUT2D eigenvalue weighted by molar-refractivity contribution is 6.60. The molecular formula is C15H32O3Si. The van der Waals surface area contributed by atoms with Crippen LogP contribution in [0.5, 0.6) is 0 Å². The summed E-state index contributed by atoms with van der Waals surface area (Å²) < 4.78 is 18.4. The topological polar surface area (TPSA) is 27.7 Å². The van der Waals surface area contributed by atoms with Crippen molar-refractivity contribution in [3.63, 3.8) is 0 Å². The molecule has 1 aliphatic carbocycles. The fourth-order valence-electron chi connectivity index (χ4n) is 2.64. The Morgan fingerprint density at radius 1 is 0.789 bits per heavy atom. The van der Waals surface area contributed by atoms with Gasteiger partial charge in [0.05, 0.1) is 0 Å². The van der Waals surface area contributed by atoms with E-state index in [4.69, 9.17) is 13.3 Å². The minimum Gasteiger partial charge on any atom is -0.373 e. The van der Waals surface area contributed by atoms with Gasteiger partial charge in [-0.25, -0.2) is 0 Å². The van der Waals surface area contributed by atoms with E-state index in [0.717, 1.165) is 51.0 Å². The first-order chi connectivity index (χ1) is 9.26. The van der Waals surface area contributed by atoms with Crippen LogP contribution >= 0.6 is 0 Å². The predicted octanol–water partition coefficient (Wildman–Crippen LogP) is 4.40.